The van der Waals surface area contributed by atoms with Crippen LogP contribution in [0.1, 0.15) is 45.4 Å². The highest BCUT2D eigenvalue weighted by molar-refractivity contribution is 4.87. The first-order valence-electron chi connectivity index (χ1n) is 7.19. The van der Waals surface area contributed by atoms with E-state index in [-0.39, 0.29) is 6.10 Å². The normalized spacial score (nSPS) is 34.8. The maximum Gasteiger partial charge on any atom is 0.0693 e. The van der Waals surface area contributed by atoms with E-state index in [1.54, 1.807) is 0 Å². The lowest BCUT2D eigenvalue weighted by atomic mass is 9.80. The number of aliphatic hydroxyl groups is 1. The summed E-state index contributed by atoms with van der Waals surface area (Å²) >= 11 is 0. The summed E-state index contributed by atoms with van der Waals surface area (Å²) in [6, 6.07) is 0.347. The van der Waals surface area contributed by atoms with Crippen LogP contribution < -0.4 is 5.32 Å². The molecule has 0 aromatic rings. The van der Waals surface area contributed by atoms with Gasteiger partial charge >= 0.3 is 0 Å². The molecule has 0 aromatic heterocycles. The summed E-state index contributed by atoms with van der Waals surface area (Å²) in [5, 5.41) is 13.6. The second kappa shape index (κ2) is 5.68. The molecule has 2 N–H and O–H groups in total. The second-order valence-electron chi connectivity index (χ2n) is 6.45. The van der Waals surface area contributed by atoms with Crippen LogP contribution >= 0.6 is 0 Å². The van der Waals surface area contributed by atoms with Gasteiger partial charge in [0.05, 0.1) is 6.10 Å². The molecule has 0 bridgehead atoms. The zero-order valence-electron chi connectivity index (χ0n) is 11.4. The third kappa shape index (κ3) is 3.67. The van der Waals surface area contributed by atoms with Crippen molar-refractivity contribution in [3.05, 3.63) is 0 Å². The number of rotatable bonds is 3. The average molecular weight is 240 g/mol. The third-order valence-corrected chi connectivity index (χ3v) is 4.71. The van der Waals surface area contributed by atoms with Crippen molar-refractivity contribution in [3.63, 3.8) is 0 Å². The average Bonchev–Trinajstić information content (AvgIpc) is 2.33. The van der Waals surface area contributed by atoms with Gasteiger partial charge in [0, 0.05) is 12.6 Å². The standard InChI is InChI=1S/C14H28N2O/c1-14(7-9-16(2)10-8-14)11-15-12-5-3-4-6-13(12)17/h12-13,15,17H,3-11H2,1-2H3/t12-,13-/m0/s1. The van der Waals surface area contributed by atoms with E-state index >= 15 is 0 Å². The number of piperidine rings is 1. The van der Waals surface area contributed by atoms with Crippen molar-refractivity contribution in [1.29, 1.82) is 0 Å². The Kier molecular flexibility index (Phi) is 4.45. The van der Waals surface area contributed by atoms with Crippen LogP contribution in [0.3, 0.4) is 0 Å². The molecule has 0 amide bonds. The minimum Gasteiger partial charge on any atom is -0.392 e. The lowest BCUT2D eigenvalue weighted by molar-refractivity contribution is 0.0736. The number of nitrogens with one attached hydrogen (secondary N) is 1. The molecule has 2 aliphatic rings. The Morgan fingerprint density at radius 3 is 2.53 bits per heavy atom. The van der Waals surface area contributed by atoms with Crippen molar-refractivity contribution in [2.75, 3.05) is 26.7 Å². The van der Waals surface area contributed by atoms with E-state index in [0.717, 1.165) is 19.4 Å². The molecule has 2 fully saturated rings. The highest BCUT2D eigenvalue weighted by Gasteiger charge is 2.31. The molecule has 100 valence electrons. The van der Waals surface area contributed by atoms with Crippen LogP contribution in [0.15, 0.2) is 0 Å². The molecule has 2 rings (SSSR count). The zero-order chi connectivity index (χ0) is 12.3. The van der Waals surface area contributed by atoms with Crippen molar-refractivity contribution >= 4 is 0 Å². The number of hydrogen-bond acceptors (Lipinski definition) is 3. The predicted octanol–water partition coefficient (Wildman–Crippen LogP) is 1.61. The maximum absolute atomic E-state index is 9.95. The quantitative estimate of drug-likeness (QED) is 0.787. The Balaban J connectivity index is 1.76. The molecule has 2 atom stereocenters. The first-order valence-corrected chi connectivity index (χ1v) is 7.19. The summed E-state index contributed by atoms with van der Waals surface area (Å²) in [6.07, 6.45) is 7.04. The van der Waals surface area contributed by atoms with Gasteiger partial charge in [-0.25, -0.2) is 0 Å². The van der Waals surface area contributed by atoms with Crippen LogP contribution in [0.4, 0.5) is 0 Å². The monoisotopic (exact) mass is 240 g/mol. The molecule has 1 heterocycles. The highest BCUT2D eigenvalue weighted by Crippen LogP contribution is 2.30. The Morgan fingerprint density at radius 1 is 1.24 bits per heavy atom. The predicted molar refractivity (Wildman–Crippen MR) is 71.1 cm³/mol. The fourth-order valence-electron chi connectivity index (χ4n) is 3.06. The SMILES string of the molecule is CN1CCC(C)(CN[C@H]2CCCC[C@@H]2O)CC1. The first kappa shape index (κ1) is 13.3. The van der Waals surface area contributed by atoms with E-state index in [9.17, 15) is 5.11 Å². The lowest BCUT2D eigenvalue weighted by Gasteiger charge is -2.40. The van der Waals surface area contributed by atoms with Gasteiger partial charge in [0.2, 0.25) is 0 Å². The third-order valence-electron chi connectivity index (χ3n) is 4.71. The van der Waals surface area contributed by atoms with E-state index in [2.05, 4.69) is 24.2 Å². The van der Waals surface area contributed by atoms with Crippen molar-refractivity contribution in [1.82, 2.24) is 10.2 Å². The number of likely N-dealkylation sites (tertiary alicyclic amines) is 1. The minimum atomic E-state index is -0.112. The largest absolute Gasteiger partial charge is 0.392 e. The molecule has 0 spiro atoms. The van der Waals surface area contributed by atoms with Crippen molar-refractivity contribution in [2.45, 2.75) is 57.6 Å². The molecule has 1 saturated heterocycles. The fourth-order valence-corrected chi connectivity index (χ4v) is 3.06. The summed E-state index contributed by atoms with van der Waals surface area (Å²) in [7, 11) is 2.21. The molecule has 1 saturated carbocycles. The van der Waals surface area contributed by atoms with Crippen molar-refractivity contribution < 1.29 is 5.11 Å². The molecule has 3 heteroatoms. The van der Waals surface area contributed by atoms with E-state index in [1.165, 1.54) is 38.8 Å². The zero-order valence-corrected chi connectivity index (χ0v) is 11.4. The summed E-state index contributed by atoms with van der Waals surface area (Å²) in [4.78, 5) is 2.41. The molecule has 0 unspecified atom stereocenters. The molecule has 0 aromatic carbocycles. The molecule has 1 aliphatic carbocycles. The Labute approximate surface area is 106 Å². The molecular formula is C14H28N2O. The van der Waals surface area contributed by atoms with Crippen molar-refractivity contribution in [2.24, 2.45) is 5.41 Å². The van der Waals surface area contributed by atoms with Gasteiger partial charge in [-0.3, -0.25) is 0 Å². The van der Waals surface area contributed by atoms with Gasteiger partial charge in [0.25, 0.3) is 0 Å². The van der Waals surface area contributed by atoms with Gasteiger partial charge < -0.3 is 15.3 Å². The van der Waals surface area contributed by atoms with Gasteiger partial charge in [0.1, 0.15) is 0 Å². The van der Waals surface area contributed by atoms with E-state index < -0.39 is 0 Å². The fraction of sp³-hybridized carbons (Fsp3) is 1.00. The maximum atomic E-state index is 9.95. The van der Waals surface area contributed by atoms with Gasteiger partial charge in [-0.05, 0) is 51.2 Å². The number of hydrogen-bond donors (Lipinski definition) is 2. The number of nitrogens with zero attached hydrogens (tertiary/aromatic N) is 1. The molecule has 0 radical (unpaired) electrons. The Morgan fingerprint density at radius 2 is 1.88 bits per heavy atom. The molecular weight excluding hydrogens is 212 g/mol. The van der Waals surface area contributed by atoms with Gasteiger partial charge in [-0.2, -0.15) is 0 Å². The van der Waals surface area contributed by atoms with Gasteiger partial charge in [-0.15, -0.1) is 0 Å². The van der Waals surface area contributed by atoms with Crippen LogP contribution in [-0.4, -0.2) is 48.8 Å². The second-order valence-corrected chi connectivity index (χ2v) is 6.45. The minimum absolute atomic E-state index is 0.112. The topological polar surface area (TPSA) is 35.5 Å². The summed E-state index contributed by atoms with van der Waals surface area (Å²) in [5.74, 6) is 0. The Hall–Kier alpha value is -0.120. The smallest absolute Gasteiger partial charge is 0.0693 e. The van der Waals surface area contributed by atoms with E-state index in [1.807, 2.05) is 0 Å². The van der Waals surface area contributed by atoms with Gasteiger partial charge in [0.15, 0.2) is 0 Å². The van der Waals surface area contributed by atoms with Crippen LogP contribution in [0, 0.1) is 5.41 Å². The Bertz CT molecular complexity index is 236. The number of aliphatic hydroxyl groups excluding tert-OH is 1. The van der Waals surface area contributed by atoms with Crippen LogP contribution in [0.25, 0.3) is 0 Å². The summed E-state index contributed by atoms with van der Waals surface area (Å²) in [5.41, 5.74) is 0.434. The molecule has 1 aliphatic heterocycles. The lowest BCUT2D eigenvalue weighted by Crippen LogP contribution is -2.48. The summed E-state index contributed by atoms with van der Waals surface area (Å²) < 4.78 is 0. The molecule has 17 heavy (non-hydrogen) atoms. The highest BCUT2D eigenvalue weighted by atomic mass is 16.3. The van der Waals surface area contributed by atoms with Crippen LogP contribution in [-0.2, 0) is 0 Å². The van der Waals surface area contributed by atoms with E-state index in [0.29, 0.717) is 11.5 Å². The van der Waals surface area contributed by atoms with Crippen molar-refractivity contribution in [3.8, 4) is 0 Å². The van der Waals surface area contributed by atoms with Gasteiger partial charge in [-0.1, -0.05) is 19.8 Å². The summed E-state index contributed by atoms with van der Waals surface area (Å²) in [6.45, 7) is 5.89. The van der Waals surface area contributed by atoms with Crippen LogP contribution in [0.2, 0.25) is 0 Å². The first-order chi connectivity index (χ1) is 8.09. The van der Waals surface area contributed by atoms with E-state index in [4.69, 9.17) is 0 Å². The van der Waals surface area contributed by atoms with Crippen LogP contribution in [0.5, 0.6) is 0 Å². The molecule has 3 nitrogen and oxygen atoms in total.